The second-order valence-corrected chi connectivity index (χ2v) is 9.35. The van der Waals surface area contributed by atoms with E-state index in [2.05, 4.69) is 5.32 Å². The standard InChI is InChI=1S/C22H14ClNO6S/c23-13-5-6-14-19(9-13)31(27,28)18-3-1-2-15(20(18)21(14)25)22(26)24-10-12-4-7-16-17(8-12)30-11-29-16/h1-9H,10-11H2,(H,24,26). The fourth-order valence-electron chi connectivity index (χ4n) is 3.67. The van der Waals surface area contributed by atoms with E-state index in [-0.39, 0.29) is 44.8 Å². The van der Waals surface area contributed by atoms with Crippen LogP contribution in [0.1, 0.15) is 31.8 Å². The summed E-state index contributed by atoms with van der Waals surface area (Å²) >= 11 is 5.94. The Bertz CT molecular complexity index is 1380. The molecule has 3 aromatic carbocycles. The SMILES string of the molecule is O=C(NCc1ccc2c(c1)OCO2)c1cccc2c1C(=O)c1ccc(Cl)cc1S2(=O)=O. The summed E-state index contributed by atoms with van der Waals surface area (Å²) in [5.41, 5.74) is 0.613. The van der Waals surface area contributed by atoms with Gasteiger partial charge >= 0.3 is 0 Å². The first-order chi connectivity index (χ1) is 14.9. The maximum absolute atomic E-state index is 13.1. The molecular weight excluding hydrogens is 442 g/mol. The summed E-state index contributed by atoms with van der Waals surface area (Å²) in [7, 11) is -4.00. The van der Waals surface area contributed by atoms with E-state index in [1.807, 2.05) is 0 Å². The molecule has 0 bridgehead atoms. The molecule has 7 nitrogen and oxygen atoms in total. The number of rotatable bonds is 3. The number of fused-ring (bicyclic) bond motifs is 3. The number of ketones is 1. The molecule has 3 aromatic rings. The number of ether oxygens (including phenoxy) is 2. The minimum absolute atomic E-state index is 0.00655. The first-order valence-corrected chi connectivity index (χ1v) is 11.1. The van der Waals surface area contributed by atoms with Gasteiger partial charge in [-0.1, -0.05) is 23.7 Å². The predicted molar refractivity (Wildman–Crippen MR) is 111 cm³/mol. The molecule has 0 radical (unpaired) electrons. The molecule has 1 N–H and O–H groups in total. The van der Waals surface area contributed by atoms with Crippen LogP contribution >= 0.6 is 11.6 Å². The molecule has 0 unspecified atom stereocenters. The number of hydrogen-bond acceptors (Lipinski definition) is 6. The second-order valence-electron chi connectivity index (χ2n) is 7.02. The molecule has 1 amide bonds. The maximum Gasteiger partial charge on any atom is 0.252 e. The van der Waals surface area contributed by atoms with Crippen LogP contribution in [0.4, 0.5) is 0 Å². The number of nitrogens with one attached hydrogen (secondary N) is 1. The monoisotopic (exact) mass is 455 g/mol. The third kappa shape index (κ3) is 3.15. The van der Waals surface area contributed by atoms with E-state index >= 15 is 0 Å². The summed E-state index contributed by atoms with van der Waals surface area (Å²) in [5.74, 6) is 0.114. The van der Waals surface area contributed by atoms with Crippen molar-refractivity contribution in [1.82, 2.24) is 5.32 Å². The first kappa shape index (κ1) is 19.6. The lowest BCUT2D eigenvalue weighted by atomic mass is 9.97. The van der Waals surface area contributed by atoms with Crippen LogP contribution in [0.25, 0.3) is 0 Å². The summed E-state index contributed by atoms with van der Waals surface area (Å²) in [6.45, 7) is 0.302. The molecule has 2 aliphatic heterocycles. The number of carbonyl (C=O) groups is 2. The summed E-state index contributed by atoms with van der Waals surface area (Å²) in [6, 6.07) is 13.5. The van der Waals surface area contributed by atoms with Crippen molar-refractivity contribution in [3.63, 3.8) is 0 Å². The number of benzene rings is 3. The first-order valence-electron chi connectivity index (χ1n) is 9.25. The van der Waals surface area contributed by atoms with E-state index in [4.69, 9.17) is 21.1 Å². The van der Waals surface area contributed by atoms with Crippen LogP contribution in [0.3, 0.4) is 0 Å². The second kappa shape index (κ2) is 7.11. The molecule has 0 fully saturated rings. The van der Waals surface area contributed by atoms with Crippen molar-refractivity contribution >= 4 is 33.1 Å². The van der Waals surface area contributed by atoms with Gasteiger partial charge in [-0.05, 0) is 48.0 Å². The van der Waals surface area contributed by atoms with Gasteiger partial charge in [-0.2, -0.15) is 0 Å². The number of halogens is 1. The molecular formula is C22H14ClNO6S. The molecule has 0 spiro atoms. The summed E-state index contributed by atoms with van der Waals surface area (Å²) in [4.78, 5) is 25.7. The Morgan fingerprint density at radius 1 is 1.00 bits per heavy atom. The van der Waals surface area contributed by atoms with Crippen molar-refractivity contribution in [3.05, 3.63) is 81.9 Å². The fourth-order valence-corrected chi connectivity index (χ4v) is 5.60. The van der Waals surface area contributed by atoms with E-state index in [0.29, 0.717) is 11.5 Å². The minimum atomic E-state index is -4.00. The quantitative estimate of drug-likeness (QED) is 0.508. The molecule has 0 saturated carbocycles. The van der Waals surface area contributed by atoms with Crippen LogP contribution in [0, 0.1) is 0 Å². The number of hydrogen-bond donors (Lipinski definition) is 1. The number of amides is 1. The lowest BCUT2D eigenvalue weighted by Crippen LogP contribution is -2.28. The Morgan fingerprint density at radius 3 is 2.65 bits per heavy atom. The minimum Gasteiger partial charge on any atom is -0.454 e. The molecule has 0 aromatic heterocycles. The lowest BCUT2D eigenvalue weighted by Gasteiger charge is -2.21. The molecule has 9 heteroatoms. The van der Waals surface area contributed by atoms with E-state index in [1.54, 1.807) is 18.2 Å². The van der Waals surface area contributed by atoms with Crippen LogP contribution in [0.5, 0.6) is 11.5 Å². The van der Waals surface area contributed by atoms with Crippen LogP contribution < -0.4 is 14.8 Å². The molecule has 0 saturated heterocycles. The normalized spacial score (nSPS) is 15.2. The van der Waals surface area contributed by atoms with Gasteiger partial charge < -0.3 is 14.8 Å². The van der Waals surface area contributed by atoms with E-state index < -0.39 is 21.5 Å². The van der Waals surface area contributed by atoms with E-state index in [0.717, 1.165) is 5.56 Å². The Balaban J connectivity index is 1.49. The summed E-state index contributed by atoms with van der Waals surface area (Å²) in [6.07, 6.45) is 0. The smallest absolute Gasteiger partial charge is 0.252 e. The Hall–Kier alpha value is -3.36. The van der Waals surface area contributed by atoms with Crippen molar-refractivity contribution in [2.24, 2.45) is 0 Å². The molecule has 5 rings (SSSR count). The van der Waals surface area contributed by atoms with Gasteiger partial charge in [-0.15, -0.1) is 0 Å². The molecule has 156 valence electrons. The van der Waals surface area contributed by atoms with E-state index in [9.17, 15) is 18.0 Å². The molecule has 0 atom stereocenters. The van der Waals surface area contributed by atoms with Crippen molar-refractivity contribution in [1.29, 1.82) is 0 Å². The van der Waals surface area contributed by atoms with Crippen LogP contribution in [0.2, 0.25) is 5.02 Å². The zero-order chi connectivity index (χ0) is 21.8. The van der Waals surface area contributed by atoms with Gasteiger partial charge in [0, 0.05) is 17.1 Å². The average Bonchev–Trinajstić information content (AvgIpc) is 3.23. The van der Waals surface area contributed by atoms with Gasteiger partial charge in [0.05, 0.1) is 20.9 Å². The Labute approximate surface area is 182 Å². The van der Waals surface area contributed by atoms with Gasteiger partial charge in [0.1, 0.15) is 0 Å². The van der Waals surface area contributed by atoms with Crippen molar-refractivity contribution in [2.75, 3.05) is 6.79 Å². The molecule has 0 aliphatic carbocycles. The average molecular weight is 456 g/mol. The molecule has 2 heterocycles. The van der Waals surface area contributed by atoms with Crippen molar-refractivity contribution in [3.8, 4) is 11.5 Å². The summed E-state index contributed by atoms with van der Waals surface area (Å²) < 4.78 is 36.8. The van der Waals surface area contributed by atoms with Gasteiger partial charge in [-0.25, -0.2) is 8.42 Å². The maximum atomic E-state index is 13.1. The lowest BCUT2D eigenvalue weighted by molar-refractivity contribution is 0.0938. The number of carbonyl (C=O) groups excluding carboxylic acids is 2. The third-order valence-corrected chi connectivity index (χ3v) is 7.23. The van der Waals surface area contributed by atoms with Gasteiger partial charge in [0.15, 0.2) is 17.3 Å². The zero-order valence-electron chi connectivity index (χ0n) is 15.8. The van der Waals surface area contributed by atoms with Crippen LogP contribution in [0.15, 0.2) is 64.4 Å². The van der Waals surface area contributed by atoms with Crippen molar-refractivity contribution < 1.29 is 27.5 Å². The Kier molecular flexibility index (Phi) is 4.49. The van der Waals surface area contributed by atoms with Crippen LogP contribution in [-0.2, 0) is 16.4 Å². The highest BCUT2D eigenvalue weighted by Gasteiger charge is 2.37. The predicted octanol–water partition coefficient (Wildman–Crippen LogP) is 3.38. The number of sulfone groups is 1. The summed E-state index contributed by atoms with van der Waals surface area (Å²) in [5, 5.41) is 2.94. The zero-order valence-corrected chi connectivity index (χ0v) is 17.4. The van der Waals surface area contributed by atoms with Crippen molar-refractivity contribution in [2.45, 2.75) is 16.3 Å². The highest BCUT2D eigenvalue weighted by atomic mass is 35.5. The Morgan fingerprint density at radius 2 is 1.81 bits per heavy atom. The largest absolute Gasteiger partial charge is 0.454 e. The van der Waals surface area contributed by atoms with Gasteiger partial charge in [0.2, 0.25) is 16.6 Å². The highest BCUT2D eigenvalue weighted by Crippen LogP contribution is 2.37. The van der Waals surface area contributed by atoms with Crippen LogP contribution in [-0.4, -0.2) is 26.9 Å². The van der Waals surface area contributed by atoms with E-state index in [1.165, 1.54) is 36.4 Å². The van der Waals surface area contributed by atoms with Gasteiger partial charge in [-0.3, -0.25) is 9.59 Å². The topological polar surface area (TPSA) is 98.8 Å². The fraction of sp³-hybridized carbons (Fsp3) is 0.0909. The molecule has 2 aliphatic rings. The van der Waals surface area contributed by atoms with Gasteiger partial charge in [0.25, 0.3) is 5.91 Å². The highest BCUT2D eigenvalue weighted by molar-refractivity contribution is 7.91. The molecule has 31 heavy (non-hydrogen) atoms. The third-order valence-electron chi connectivity index (χ3n) is 5.16.